The van der Waals surface area contributed by atoms with Crippen LogP contribution in [0.3, 0.4) is 0 Å². The molecule has 0 saturated heterocycles. The van der Waals surface area contributed by atoms with Crippen molar-refractivity contribution in [2.75, 3.05) is 5.32 Å². The first-order chi connectivity index (χ1) is 17.0. The number of benzene rings is 3. The lowest BCUT2D eigenvalue weighted by Gasteiger charge is -2.05. The minimum Gasteiger partial charge on any atom is -0.423 e. The Balaban J connectivity index is 1.27. The van der Waals surface area contributed by atoms with E-state index in [1.165, 1.54) is 42.6 Å². The summed E-state index contributed by atoms with van der Waals surface area (Å²) >= 11 is 1.13. The number of hydrazone groups is 1. The highest BCUT2D eigenvalue weighted by Crippen LogP contribution is 2.25. The lowest BCUT2D eigenvalue weighted by molar-refractivity contribution is -0.136. The van der Waals surface area contributed by atoms with Crippen molar-refractivity contribution in [1.82, 2.24) is 15.6 Å². The second-order valence-corrected chi connectivity index (χ2v) is 7.85. The zero-order chi connectivity index (χ0) is 24.6. The molecule has 1 aromatic heterocycles. The Bertz CT molecular complexity index is 1390. The molecule has 4 rings (SSSR count). The van der Waals surface area contributed by atoms with Crippen molar-refractivity contribution in [1.29, 1.82) is 0 Å². The fourth-order valence-corrected chi connectivity index (χ4v) is 3.50. The molecule has 0 fully saturated rings. The van der Waals surface area contributed by atoms with Crippen molar-refractivity contribution in [3.8, 4) is 16.3 Å². The molecular weight excluding hydrogens is 473 g/mol. The average Bonchev–Trinajstić information content (AvgIpc) is 3.34. The van der Waals surface area contributed by atoms with Crippen LogP contribution in [-0.2, 0) is 9.59 Å². The largest absolute Gasteiger partial charge is 0.423 e. The summed E-state index contributed by atoms with van der Waals surface area (Å²) in [6.07, 6.45) is 1.30. The zero-order valence-corrected chi connectivity index (χ0v) is 18.7. The van der Waals surface area contributed by atoms with Crippen molar-refractivity contribution in [2.45, 2.75) is 0 Å². The molecule has 4 aromatic rings. The van der Waals surface area contributed by atoms with E-state index in [2.05, 4.69) is 26.0 Å². The Morgan fingerprint density at radius 2 is 1.60 bits per heavy atom. The van der Waals surface area contributed by atoms with Crippen molar-refractivity contribution in [2.24, 2.45) is 5.10 Å². The summed E-state index contributed by atoms with van der Waals surface area (Å²) in [5, 5.41) is 14.7. The van der Waals surface area contributed by atoms with Crippen LogP contribution in [0.5, 0.6) is 5.75 Å². The molecule has 0 atom stereocenters. The molecule has 174 valence electrons. The zero-order valence-electron chi connectivity index (χ0n) is 17.8. The van der Waals surface area contributed by atoms with Crippen LogP contribution in [0.15, 0.2) is 84.0 Å². The highest BCUT2D eigenvalue weighted by atomic mass is 32.1. The van der Waals surface area contributed by atoms with Gasteiger partial charge in [0.15, 0.2) is 0 Å². The van der Waals surface area contributed by atoms with E-state index in [-0.39, 0.29) is 16.4 Å². The molecule has 0 spiro atoms. The second-order valence-electron chi connectivity index (χ2n) is 6.87. The third-order valence-corrected chi connectivity index (χ3v) is 5.32. The third-order valence-electron chi connectivity index (χ3n) is 4.44. The molecule has 9 nitrogen and oxygen atoms in total. The standard InChI is InChI=1S/C24H16FN5O4S/c25-19-9-5-4-8-18(19)23(33)34-17-12-10-15(11-13-17)14-26-28-21(32)20(31)27-24-30-29-22(35-24)16-6-2-1-3-7-16/h1-14H,(H,28,32)(H,27,30,31)/b26-14+. The summed E-state index contributed by atoms with van der Waals surface area (Å²) < 4.78 is 18.8. The van der Waals surface area contributed by atoms with Gasteiger partial charge in [-0.15, -0.1) is 10.2 Å². The fourth-order valence-electron chi connectivity index (χ4n) is 2.75. The number of nitrogens with zero attached hydrogens (tertiary/aromatic N) is 3. The molecular formula is C24H16FN5O4S. The second kappa shape index (κ2) is 10.9. The maximum atomic E-state index is 13.7. The van der Waals surface area contributed by atoms with Gasteiger partial charge in [0.2, 0.25) is 5.13 Å². The van der Waals surface area contributed by atoms with Crippen LogP contribution in [0, 0.1) is 5.82 Å². The monoisotopic (exact) mass is 489 g/mol. The molecule has 0 aliphatic carbocycles. The molecule has 0 saturated carbocycles. The number of aromatic nitrogens is 2. The minimum absolute atomic E-state index is 0.175. The molecule has 2 N–H and O–H groups in total. The number of anilines is 1. The van der Waals surface area contributed by atoms with Gasteiger partial charge >= 0.3 is 17.8 Å². The Kier molecular flexibility index (Phi) is 7.28. The molecule has 11 heteroatoms. The lowest BCUT2D eigenvalue weighted by atomic mass is 10.2. The van der Waals surface area contributed by atoms with Crippen LogP contribution in [0.4, 0.5) is 9.52 Å². The molecule has 2 amide bonds. The van der Waals surface area contributed by atoms with Gasteiger partial charge in [0.25, 0.3) is 0 Å². The Morgan fingerprint density at radius 3 is 2.34 bits per heavy atom. The first-order valence-electron chi connectivity index (χ1n) is 10.1. The van der Waals surface area contributed by atoms with E-state index in [0.29, 0.717) is 10.6 Å². The fraction of sp³-hybridized carbons (Fsp3) is 0. The molecule has 35 heavy (non-hydrogen) atoms. The van der Waals surface area contributed by atoms with E-state index < -0.39 is 23.6 Å². The van der Waals surface area contributed by atoms with Crippen LogP contribution < -0.4 is 15.5 Å². The van der Waals surface area contributed by atoms with E-state index in [1.807, 2.05) is 30.3 Å². The quantitative estimate of drug-likeness (QED) is 0.140. The van der Waals surface area contributed by atoms with Crippen LogP contribution >= 0.6 is 11.3 Å². The Morgan fingerprint density at radius 1 is 0.886 bits per heavy atom. The van der Waals surface area contributed by atoms with Crippen LogP contribution in [0.2, 0.25) is 0 Å². The molecule has 0 bridgehead atoms. The summed E-state index contributed by atoms with van der Waals surface area (Å²) in [4.78, 5) is 36.1. The molecule has 3 aromatic carbocycles. The van der Waals surface area contributed by atoms with Crippen LogP contribution in [0.1, 0.15) is 15.9 Å². The first-order valence-corrected chi connectivity index (χ1v) is 10.9. The highest BCUT2D eigenvalue weighted by Gasteiger charge is 2.16. The number of hydrogen-bond donors (Lipinski definition) is 2. The average molecular weight is 489 g/mol. The predicted octanol–water partition coefficient (Wildman–Crippen LogP) is 3.65. The smallest absolute Gasteiger partial charge is 0.346 e. The number of nitrogens with one attached hydrogen (secondary N) is 2. The number of ether oxygens (including phenoxy) is 1. The highest BCUT2D eigenvalue weighted by molar-refractivity contribution is 7.18. The van der Waals surface area contributed by atoms with Gasteiger partial charge in [-0.05, 0) is 42.0 Å². The van der Waals surface area contributed by atoms with Gasteiger partial charge in [-0.3, -0.25) is 14.9 Å². The molecule has 0 unspecified atom stereocenters. The van der Waals surface area contributed by atoms with Crippen molar-refractivity contribution in [3.63, 3.8) is 0 Å². The SMILES string of the molecule is O=C(N/N=C/c1ccc(OC(=O)c2ccccc2F)cc1)C(=O)Nc1nnc(-c2ccccc2)s1. The first kappa shape index (κ1) is 23.4. The van der Waals surface area contributed by atoms with Gasteiger partial charge in [-0.1, -0.05) is 53.8 Å². The third kappa shape index (κ3) is 6.18. The normalized spacial score (nSPS) is 10.7. The molecule has 1 heterocycles. The Labute approximate surface area is 202 Å². The number of carbonyl (C=O) groups excluding carboxylic acids is 3. The van der Waals surface area contributed by atoms with Gasteiger partial charge in [0.05, 0.1) is 11.8 Å². The van der Waals surface area contributed by atoms with Crippen LogP contribution in [0.25, 0.3) is 10.6 Å². The maximum Gasteiger partial charge on any atom is 0.346 e. The number of carbonyl (C=O) groups is 3. The number of esters is 1. The van der Waals surface area contributed by atoms with Crippen LogP contribution in [-0.4, -0.2) is 34.2 Å². The van der Waals surface area contributed by atoms with E-state index in [0.717, 1.165) is 16.9 Å². The van der Waals surface area contributed by atoms with Gasteiger partial charge in [0, 0.05) is 5.56 Å². The molecule has 0 aliphatic heterocycles. The van der Waals surface area contributed by atoms with E-state index in [4.69, 9.17) is 4.74 Å². The lowest BCUT2D eigenvalue weighted by Crippen LogP contribution is -2.32. The molecule has 0 aliphatic rings. The van der Waals surface area contributed by atoms with Gasteiger partial charge in [-0.2, -0.15) is 5.10 Å². The summed E-state index contributed by atoms with van der Waals surface area (Å²) in [7, 11) is 0. The molecule has 0 radical (unpaired) electrons. The van der Waals surface area contributed by atoms with Crippen molar-refractivity contribution in [3.05, 3.63) is 95.8 Å². The van der Waals surface area contributed by atoms with Crippen molar-refractivity contribution >= 4 is 40.5 Å². The summed E-state index contributed by atoms with van der Waals surface area (Å²) in [6.45, 7) is 0. The van der Waals surface area contributed by atoms with E-state index in [1.54, 1.807) is 12.1 Å². The van der Waals surface area contributed by atoms with Crippen molar-refractivity contribution < 1.29 is 23.5 Å². The van der Waals surface area contributed by atoms with Gasteiger partial charge in [-0.25, -0.2) is 14.6 Å². The summed E-state index contributed by atoms with van der Waals surface area (Å²) in [5.74, 6) is -3.25. The van der Waals surface area contributed by atoms with E-state index in [9.17, 15) is 18.8 Å². The predicted molar refractivity (Wildman–Crippen MR) is 128 cm³/mol. The van der Waals surface area contributed by atoms with E-state index >= 15 is 0 Å². The summed E-state index contributed by atoms with van der Waals surface area (Å²) in [6, 6.07) is 20.9. The topological polar surface area (TPSA) is 123 Å². The summed E-state index contributed by atoms with van der Waals surface area (Å²) in [5.41, 5.74) is 3.32. The maximum absolute atomic E-state index is 13.7. The minimum atomic E-state index is -0.992. The van der Waals surface area contributed by atoms with Gasteiger partial charge in [0.1, 0.15) is 16.6 Å². The number of rotatable bonds is 6. The number of hydrogen-bond acceptors (Lipinski definition) is 8. The number of amides is 2. The number of halogens is 1. The van der Waals surface area contributed by atoms with Gasteiger partial charge < -0.3 is 4.74 Å². The Hall–Kier alpha value is -4.77.